The number of hydrogen-bond donors (Lipinski definition) is 1. The van der Waals surface area contributed by atoms with E-state index in [1.807, 2.05) is 0 Å². The molecule has 2 aromatic rings. The molecule has 0 aliphatic rings. The zero-order valence-corrected chi connectivity index (χ0v) is 9.92. The molecule has 0 atom stereocenters. The predicted octanol–water partition coefficient (Wildman–Crippen LogP) is 1.71. The van der Waals surface area contributed by atoms with Crippen molar-refractivity contribution in [2.24, 2.45) is 0 Å². The molecule has 1 heterocycles. The number of rotatable bonds is 4. The lowest BCUT2D eigenvalue weighted by molar-refractivity contribution is -0.389. The van der Waals surface area contributed by atoms with Crippen LogP contribution in [0.3, 0.4) is 0 Å². The van der Waals surface area contributed by atoms with Crippen molar-refractivity contribution in [3.8, 4) is 0 Å². The van der Waals surface area contributed by atoms with Crippen molar-refractivity contribution in [1.29, 1.82) is 0 Å². The number of carbonyl (C=O) groups excluding carboxylic acids is 1. The van der Waals surface area contributed by atoms with Gasteiger partial charge in [-0.15, -0.1) is 0 Å². The van der Waals surface area contributed by atoms with Crippen molar-refractivity contribution in [3.05, 3.63) is 52.2 Å². The number of amides is 1. The van der Waals surface area contributed by atoms with E-state index in [9.17, 15) is 23.7 Å². The molecule has 9 heteroatoms. The fraction of sp³-hybridized carbons (Fsp3) is 0.0909. The van der Waals surface area contributed by atoms with E-state index in [2.05, 4.69) is 10.4 Å². The van der Waals surface area contributed by atoms with E-state index in [1.54, 1.807) is 0 Å². The van der Waals surface area contributed by atoms with Crippen LogP contribution in [0.2, 0.25) is 0 Å². The molecule has 0 aliphatic heterocycles. The maximum atomic E-state index is 13.3. The predicted molar refractivity (Wildman–Crippen MR) is 63.9 cm³/mol. The van der Waals surface area contributed by atoms with Crippen LogP contribution in [0, 0.1) is 21.7 Å². The number of halogens is 2. The first-order chi connectivity index (χ1) is 9.47. The first-order valence-corrected chi connectivity index (χ1v) is 5.39. The van der Waals surface area contributed by atoms with E-state index >= 15 is 0 Å². The van der Waals surface area contributed by atoms with Gasteiger partial charge in [0.1, 0.15) is 6.54 Å². The van der Waals surface area contributed by atoms with Crippen molar-refractivity contribution in [2.75, 3.05) is 5.32 Å². The van der Waals surface area contributed by atoms with Crippen molar-refractivity contribution < 1.29 is 18.5 Å². The van der Waals surface area contributed by atoms with Crippen LogP contribution >= 0.6 is 0 Å². The van der Waals surface area contributed by atoms with Crippen LogP contribution in [-0.4, -0.2) is 20.6 Å². The summed E-state index contributed by atoms with van der Waals surface area (Å²) in [4.78, 5) is 21.3. The van der Waals surface area contributed by atoms with Crippen molar-refractivity contribution >= 4 is 17.4 Å². The average molecular weight is 282 g/mol. The Morgan fingerprint density at radius 3 is 2.80 bits per heavy atom. The molecule has 1 aromatic heterocycles. The molecule has 0 radical (unpaired) electrons. The number of carbonyl (C=O) groups is 1. The second-order valence-electron chi connectivity index (χ2n) is 3.78. The molecule has 7 nitrogen and oxygen atoms in total. The third-order valence-corrected chi connectivity index (χ3v) is 2.34. The summed E-state index contributed by atoms with van der Waals surface area (Å²) >= 11 is 0. The Morgan fingerprint density at radius 1 is 1.40 bits per heavy atom. The molecule has 2 rings (SSSR count). The standard InChI is InChI=1S/C11H8F2N4O3/c12-7-2-1-3-8(11(7)13)14-10(18)6-16-5-4-9(15-16)17(19)20/h1-5H,6H2,(H,14,18). The lowest BCUT2D eigenvalue weighted by Gasteiger charge is -2.05. The minimum atomic E-state index is -1.17. The number of hydrogen-bond acceptors (Lipinski definition) is 4. The molecule has 20 heavy (non-hydrogen) atoms. The molecule has 1 aromatic carbocycles. The largest absolute Gasteiger partial charge is 0.389 e. The van der Waals surface area contributed by atoms with Crippen LogP contribution in [0.1, 0.15) is 0 Å². The summed E-state index contributed by atoms with van der Waals surface area (Å²) < 4.78 is 27.3. The number of anilines is 1. The van der Waals surface area contributed by atoms with Gasteiger partial charge in [0.2, 0.25) is 5.91 Å². The molecule has 104 valence electrons. The SMILES string of the molecule is O=C(Cn1ccc([N+](=O)[O-])n1)Nc1cccc(F)c1F. The monoisotopic (exact) mass is 282 g/mol. The zero-order chi connectivity index (χ0) is 14.7. The highest BCUT2D eigenvalue weighted by atomic mass is 19.2. The lowest BCUT2D eigenvalue weighted by Crippen LogP contribution is -2.20. The summed E-state index contributed by atoms with van der Waals surface area (Å²) in [5, 5.41) is 16.1. The highest BCUT2D eigenvalue weighted by molar-refractivity contribution is 5.90. The number of aromatic nitrogens is 2. The molecule has 0 fully saturated rings. The van der Waals surface area contributed by atoms with E-state index in [0.29, 0.717) is 0 Å². The summed E-state index contributed by atoms with van der Waals surface area (Å²) in [6, 6.07) is 4.48. The second-order valence-corrected chi connectivity index (χ2v) is 3.78. The second kappa shape index (κ2) is 5.43. The first-order valence-electron chi connectivity index (χ1n) is 5.39. The Hall–Kier alpha value is -2.84. The molecular formula is C11H8F2N4O3. The number of nitro groups is 1. The van der Waals surface area contributed by atoms with Crippen LogP contribution < -0.4 is 5.32 Å². The van der Waals surface area contributed by atoms with Crippen molar-refractivity contribution in [3.63, 3.8) is 0 Å². The van der Waals surface area contributed by atoms with Crippen LogP contribution in [-0.2, 0) is 11.3 Å². The van der Waals surface area contributed by atoms with Gasteiger partial charge in [-0.2, -0.15) is 4.68 Å². The van der Waals surface area contributed by atoms with E-state index in [4.69, 9.17) is 0 Å². The van der Waals surface area contributed by atoms with E-state index < -0.39 is 28.3 Å². The van der Waals surface area contributed by atoms with Crippen molar-refractivity contribution in [1.82, 2.24) is 9.78 Å². The Balaban J connectivity index is 2.05. The fourth-order valence-electron chi connectivity index (χ4n) is 1.47. The van der Waals surface area contributed by atoms with Crippen LogP contribution in [0.25, 0.3) is 0 Å². The topological polar surface area (TPSA) is 90.1 Å². The molecule has 1 amide bonds. The summed E-state index contributed by atoms with van der Waals surface area (Å²) in [5.41, 5.74) is -0.309. The summed E-state index contributed by atoms with van der Waals surface area (Å²) in [6.07, 6.45) is 1.24. The Bertz CT molecular complexity index is 671. The average Bonchev–Trinajstić information content (AvgIpc) is 2.83. The minimum Gasteiger partial charge on any atom is -0.358 e. The Kier molecular flexibility index (Phi) is 3.69. The molecule has 0 spiro atoms. The summed E-state index contributed by atoms with van der Waals surface area (Å²) in [5.74, 6) is -3.35. The number of nitrogens with one attached hydrogen (secondary N) is 1. The molecule has 0 aliphatic carbocycles. The quantitative estimate of drug-likeness (QED) is 0.682. The van der Waals surface area contributed by atoms with Gasteiger partial charge < -0.3 is 15.4 Å². The smallest absolute Gasteiger partial charge is 0.358 e. The van der Waals surface area contributed by atoms with Gasteiger partial charge in [0.15, 0.2) is 11.6 Å². The normalized spacial score (nSPS) is 10.3. The first kappa shape index (κ1) is 13.6. The molecule has 1 N–H and O–H groups in total. The number of nitrogens with zero attached hydrogens (tertiary/aromatic N) is 3. The molecule has 0 bridgehead atoms. The van der Waals surface area contributed by atoms with Gasteiger partial charge in [-0.25, -0.2) is 8.78 Å². The van der Waals surface area contributed by atoms with Gasteiger partial charge >= 0.3 is 5.82 Å². The molecule has 0 saturated heterocycles. The Morgan fingerprint density at radius 2 is 2.15 bits per heavy atom. The van der Waals surface area contributed by atoms with Crippen molar-refractivity contribution in [2.45, 2.75) is 6.54 Å². The van der Waals surface area contributed by atoms with E-state index in [-0.39, 0.29) is 12.2 Å². The van der Waals surface area contributed by atoms with Gasteiger partial charge in [-0.3, -0.25) is 4.79 Å². The van der Waals surface area contributed by atoms with Gasteiger partial charge in [-0.05, 0) is 17.1 Å². The van der Waals surface area contributed by atoms with Gasteiger partial charge in [0, 0.05) is 0 Å². The summed E-state index contributed by atoms with van der Waals surface area (Å²) in [7, 11) is 0. The Labute approximate surface area is 111 Å². The molecule has 0 saturated carbocycles. The fourth-order valence-corrected chi connectivity index (χ4v) is 1.47. The van der Waals surface area contributed by atoms with Gasteiger partial charge in [0.25, 0.3) is 0 Å². The maximum Gasteiger partial charge on any atom is 0.389 e. The molecular weight excluding hydrogens is 274 g/mol. The maximum absolute atomic E-state index is 13.3. The van der Waals surface area contributed by atoms with Crippen LogP contribution in [0.15, 0.2) is 30.5 Å². The highest BCUT2D eigenvalue weighted by Gasteiger charge is 2.15. The van der Waals surface area contributed by atoms with Crippen LogP contribution in [0.5, 0.6) is 0 Å². The van der Waals surface area contributed by atoms with Crippen LogP contribution in [0.4, 0.5) is 20.3 Å². The van der Waals surface area contributed by atoms with Gasteiger partial charge in [0.05, 0.1) is 23.0 Å². The molecule has 0 unspecified atom stereocenters. The van der Waals surface area contributed by atoms with Gasteiger partial charge in [-0.1, -0.05) is 6.07 Å². The van der Waals surface area contributed by atoms with E-state index in [0.717, 1.165) is 16.8 Å². The zero-order valence-electron chi connectivity index (χ0n) is 9.92. The number of benzene rings is 1. The third-order valence-electron chi connectivity index (χ3n) is 2.34. The summed E-state index contributed by atoms with van der Waals surface area (Å²) in [6.45, 7) is -0.357. The highest BCUT2D eigenvalue weighted by Crippen LogP contribution is 2.16. The lowest BCUT2D eigenvalue weighted by atomic mass is 10.3. The van der Waals surface area contributed by atoms with E-state index in [1.165, 1.54) is 18.3 Å². The minimum absolute atomic E-state index is 0.309. The third kappa shape index (κ3) is 2.94.